The van der Waals surface area contributed by atoms with Crippen LogP contribution in [0.3, 0.4) is 0 Å². The molecular weight excluding hydrogens is 202 g/mol. The SMILES string of the molecule is CCOCC(C)OCc1cccc(N)c1C. The third-order valence-electron chi connectivity index (χ3n) is 2.57. The van der Waals surface area contributed by atoms with E-state index in [9.17, 15) is 0 Å². The van der Waals surface area contributed by atoms with Gasteiger partial charge in [-0.2, -0.15) is 0 Å². The molecule has 90 valence electrons. The molecule has 0 spiro atoms. The van der Waals surface area contributed by atoms with Gasteiger partial charge < -0.3 is 15.2 Å². The molecule has 0 aliphatic rings. The zero-order chi connectivity index (χ0) is 12.0. The Hall–Kier alpha value is -1.06. The lowest BCUT2D eigenvalue weighted by atomic mass is 10.1. The maximum atomic E-state index is 5.83. The van der Waals surface area contributed by atoms with Crippen LogP contribution < -0.4 is 5.73 Å². The number of ether oxygens (including phenoxy) is 2. The minimum absolute atomic E-state index is 0.112. The molecule has 2 N–H and O–H groups in total. The van der Waals surface area contributed by atoms with Gasteiger partial charge in [0.1, 0.15) is 0 Å². The predicted octanol–water partition coefficient (Wildman–Crippen LogP) is 2.52. The van der Waals surface area contributed by atoms with Gasteiger partial charge in [0.25, 0.3) is 0 Å². The molecule has 1 atom stereocenters. The van der Waals surface area contributed by atoms with Crippen LogP contribution in [0.2, 0.25) is 0 Å². The fraction of sp³-hybridized carbons (Fsp3) is 0.538. The fourth-order valence-electron chi connectivity index (χ4n) is 1.42. The Balaban J connectivity index is 2.45. The van der Waals surface area contributed by atoms with E-state index >= 15 is 0 Å². The van der Waals surface area contributed by atoms with Gasteiger partial charge in [-0.05, 0) is 38.0 Å². The molecular formula is C13H21NO2. The van der Waals surface area contributed by atoms with Gasteiger partial charge in [-0.3, -0.25) is 0 Å². The van der Waals surface area contributed by atoms with Crippen LogP contribution in [0.25, 0.3) is 0 Å². The molecule has 0 radical (unpaired) electrons. The van der Waals surface area contributed by atoms with E-state index in [1.807, 2.05) is 39.0 Å². The molecule has 0 aromatic heterocycles. The van der Waals surface area contributed by atoms with Crippen molar-refractivity contribution < 1.29 is 9.47 Å². The van der Waals surface area contributed by atoms with Crippen molar-refractivity contribution in [1.29, 1.82) is 0 Å². The van der Waals surface area contributed by atoms with Crippen molar-refractivity contribution in [1.82, 2.24) is 0 Å². The van der Waals surface area contributed by atoms with Crippen molar-refractivity contribution in [2.24, 2.45) is 0 Å². The second-order valence-corrected chi connectivity index (χ2v) is 3.91. The lowest BCUT2D eigenvalue weighted by Crippen LogP contribution is -2.16. The molecule has 3 nitrogen and oxygen atoms in total. The van der Waals surface area contributed by atoms with Crippen molar-refractivity contribution in [3.8, 4) is 0 Å². The number of rotatable bonds is 6. The predicted molar refractivity (Wildman–Crippen MR) is 66.3 cm³/mol. The fourth-order valence-corrected chi connectivity index (χ4v) is 1.42. The Morgan fingerprint density at radius 3 is 2.81 bits per heavy atom. The quantitative estimate of drug-likeness (QED) is 0.754. The van der Waals surface area contributed by atoms with E-state index in [4.69, 9.17) is 15.2 Å². The summed E-state index contributed by atoms with van der Waals surface area (Å²) in [6, 6.07) is 5.90. The van der Waals surface area contributed by atoms with Crippen molar-refractivity contribution >= 4 is 5.69 Å². The molecule has 1 rings (SSSR count). The van der Waals surface area contributed by atoms with Crippen LogP contribution in [0.15, 0.2) is 18.2 Å². The third kappa shape index (κ3) is 3.83. The smallest absolute Gasteiger partial charge is 0.0785 e. The second kappa shape index (κ2) is 6.51. The number of benzene rings is 1. The van der Waals surface area contributed by atoms with E-state index in [1.165, 1.54) is 0 Å². The van der Waals surface area contributed by atoms with Crippen LogP contribution in [0, 0.1) is 6.92 Å². The first-order valence-corrected chi connectivity index (χ1v) is 5.68. The lowest BCUT2D eigenvalue weighted by Gasteiger charge is -2.14. The Labute approximate surface area is 97.6 Å². The van der Waals surface area contributed by atoms with Crippen molar-refractivity contribution in [3.05, 3.63) is 29.3 Å². The Bertz CT molecular complexity index is 326. The maximum absolute atomic E-state index is 5.83. The highest BCUT2D eigenvalue weighted by Crippen LogP contribution is 2.16. The van der Waals surface area contributed by atoms with Crippen LogP contribution >= 0.6 is 0 Å². The van der Waals surface area contributed by atoms with E-state index in [-0.39, 0.29) is 6.10 Å². The molecule has 16 heavy (non-hydrogen) atoms. The molecule has 0 fully saturated rings. The average Bonchev–Trinajstić information content (AvgIpc) is 2.28. The summed E-state index contributed by atoms with van der Waals surface area (Å²) in [5.74, 6) is 0. The molecule has 0 saturated carbocycles. The first-order chi connectivity index (χ1) is 7.65. The minimum atomic E-state index is 0.112. The van der Waals surface area contributed by atoms with Gasteiger partial charge in [-0.1, -0.05) is 12.1 Å². The molecule has 1 unspecified atom stereocenters. The van der Waals surface area contributed by atoms with E-state index < -0.39 is 0 Å². The molecule has 0 aliphatic carbocycles. The van der Waals surface area contributed by atoms with Gasteiger partial charge in [0.2, 0.25) is 0 Å². The second-order valence-electron chi connectivity index (χ2n) is 3.91. The number of anilines is 1. The zero-order valence-corrected chi connectivity index (χ0v) is 10.3. The van der Waals surface area contributed by atoms with Crippen molar-refractivity contribution in [2.45, 2.75) is 33.5 Å². The van der Waals surface area contributed by atoms with Crippen LogP contribution in [0.1, 0.15) is 25.0 Å². The van der Waals surface area contributed by atoms with Gasteiger partial charge in [0, 0.05) is 12.3 Å². The normalized spacial score (nSPS) is 12.7. The monoisotopic (exact) mass is 223 g/mol. The standard InChI is InChI=1S/C13H21NO2/c1-4-15-8-10(2)16-9-12-6-5-7-13(14)11(12)3/h5-7,10H,4,8-9,14H2,1-3H3. The zero-order valence-electron chi connectivity index (χ0n) is 10.3. The number of nitrogens with two attached hydrogens (primary N) is 1. The molecule has 1 aromatic rings. The minimum Gasteiger partial charge on any atom is -0.399 e. The molecule has 0 heterocycles. The highest BCUT2D eigenvalue weighted by atomic mass is 16.5. The summed E-state index contributed by atoms with van der Waals surface area (Å²) in [5.41, 5.74) is 8.89. The molecule has 0 saturated heterocycles. The largest absolute Gasteiger partial charge is 0.399 e. The van der Waals surface area contributed by atoms with Gasteiger partial charge in [-0.15, -0.1) is 0 Å². The van der Waals surface area contributed by atoms with Gasteiger partial charge in [0.15, 0.2) is 0 Å². The van der Waals surface area contributed by atoms with Crippen LogP contribution in [0.4, 0.5) is 5.69 Å². The highest BCUT2D eigenvalue weighted by Gasteiger charge is 2.05. The molecule has 0 amide bonds. The molecule has 3 heteroatoms. The van der Waals surface area contributed by atoms with Crippen molar-refractivity contribution in [3.63, 3.8) is 0 Å². The van der Waals surface area contributed by atoms with E-state index in [0.29, 0.717) is 13.2 Å². The molecule has 0 aliphatic heterocycles. The van der Waals surface area contributed by atoms with E-state index in [0.717, 1.165) is 23.4 Å². The summed E-state index contributed by atoms with van der Waals surface area (Å²) in [5, 5.41) is 0. The van der Waals surface area contributed by atoms with Crippen molar-refractivity contribution in [2.75, 3.05) is 18.9 Å². The molecule has 1 aromatic carbocycles. The summed E-state index contributed by atoms with van der Waals surface area (Å²) in [7, 11) is 0. The number of nitrogen functional groups attached to an aromatic ring is 1. The molecule has 0 bridgehead atoms. The maximum Gasteiger partial charge on any atom is 0.0785 e. The number of hydrogen-bond donors (Lipinski definition) is 1. The summed E-state index contributed by atoms with van der Waals surface area (Å²) < 4.78 is 11.0. The van der Waals surface area contributed by atoms with Gasteiger partial charge in [0.05, 0.1) is 19.3 Å². The lowest BCUT2D eigenvalue weighted by molar-refractivity contribution is -0.0118. The first kappa shape index (κ1) is 13.0. The van der Waals surface area contributed by atoms with E-state index in [1.54, 1.807) is 0 Å². The first-order valence-electron chi connectivity index (χ1n) is 5.68. The summed E-state index contributed by atoms with van der Waals surface area (Å²) >= 11 is 0. The Kier molecular flexibility index (Phi) is 5.29. The van der Waals surface area contributed by atoms with Gasteiger partial charge >= 0.3 is 0 Å². The van der Waals surface area contributed by atoms with Gasteiger partial charge in [-0.25, -0.2) is 0 Å². The third-order valence-corrected chi connectivity index (χ3v) is 2.57. The van der Waals surface area contributed by atoms with Crippen LogP contribution in [-0.2, 0) is 16.1 Å². The van der Waals surface area contributed by atoms with Crippen LogP contribution in [-0.4, -0.2) is 19.3 Å². The highest BCUT2D eigenvalue weighted by molar-refractivity contribution is 5.49. The van der Waals surface area contributed by atoms with Crippen LogP contribution in [0.5, 0.6) is 0 Å². The van der Waals surface area contributed by atoms with E-state index in [2.05, 4.69) is 0 Å². The summed E-state index contributed by atoms with van der Waals surface area (Å²) in [6.45, 7) is 7.96. The summed E-state index contributed by atoms with van der Waals surface area (Å²) in [4.78, 5) is 0. The summed E-state index contributed by atoms with van der Waals surface area (Å²) in [6.07, 6.45) is 0.112. The number of hydrogen-bond acceptors (Lipinski definition) is 3. The topological polar surface area (TPSA) is 44.5 Å². The Morgan fingerprint density at radius 2 is 2.12 bits per heavy atom. The average molecular weight is 223 g/mol. The Morgan fingerprint density at radius 1 is 1.38 bits per heavy atom.